The summed E-state index contributed by atoms with van der Waals surface area (Å²) in [5.41, 5.74) is 3.95. The molecule has 0 atom stereocenters. The van der Waals surface area contributed by atoms with Gasteiger partial charge in [-0.2, -0.15) is 5.26 Å². The molecule has 0 amide bonds. The van der Waals surface area contributed by atoms with Gasteiger partial charge >= 0.3 is 0 Å². The number of nitrogens with zero attached hydrogens (tertiary/aromatic N) is 2. The molecule has 0 aliphatic heterocycles. The molecule has 2 rings (SSSR count). The fourth-order valence-corrected chi connectivity index (χ4v) is 2.70. The predicted octanol–water partition coefficient (Wildman–Crippen LogP) is 3.54. The summed E-state index contributed by atoms with van der Waals surface area (Å²) >= 11 is 0. The molecule has 0 heterocycles. The van der Waals surface area contributed by atoms with E-state index in [1.54, 1.807) is 7.11 Å². The van der Waals surface area contributed by atoms with Crippen molar-refractivity contribution in [3.8, 4) is 11.8 Å². The Kier molecular flexibility index (Phi) is 9.53. The Morgan fingerprint density at radius 3 is 2.59 bits per heavy atom. The number of nitriles is 1. The van der Waals surface area contributed by atoms with Crippen LogP contribution in [0.3, 0.4) is 0 Å². The molecule has 29 heavy (non-hydrogen) atoms. The van der Waals surface area contributed by atoms with Crippen molar-refractivity contribution in [1.82, 2.24) is 10.6 Å². The summed E-state index contributed by atoms with van der Waals surface area (Å²) in [6.07, 6.45) is 0.853. The molecule has 0 radical (unpaired) electrons. The molecule has 6 nitrogen and oxygen atoms in total. The zero-order chi connectivity index (χ0) is 20.9. The van der Waals surface area contributed by atoms with Gasteiger partial charge in [-0.05, 0) is 43.2 Å². The van der Waals surface area contributed by atoms with Gasteiger partial charge in [0.15, 0.2) is 5.96 Å². The van der Waals surface area contributed by atoms with Gasteiger partial charge in [-0.15, -0.1) is 0 Å². The summed E-state index contributed by atoms with van der Waals surface area (Å²) in [5.74, 6) is 1.62. The number of rotatable bonds is 10. The lowest BCUT2D eigenvalue weighted by Crippen LogP contribution is -2.36. The van der Waals surface area contributed by atoms with E-state index < -0.39 is 0 Å². The second-order valence-electron chi connectivity index (χ2n) is 6.66. The second-order valence-corrected chi connectivity index (χ2v) is 6.66. The molecule has 2 N–H and O–H groups in total. The van der Waals surface area contributed by atoms with Crippen LogP contribution in [0.5, 0.6) is 5.75 Å². The van der Waals surface area contributed by atoms with Crippen molar-refractivity contribution in [3.63, 3.8) is 0 Å². The lowest BCUT2D eigenvalue weighted by atomic mass is 10.1. The molecule has 0 unspecified atom stereocenters. The number of aryl methyl sites for hydroxylation is 1. The van der Waals surface area contributed by atoms with Crippen molar-refractivity contribution in [2.24, 2.45) is 4.99 Å². The molecular formula is C23H30N4O2. The molecule has 0 saturated heterocycles. The van der Waals surface area contributed by atoms with Crippen molar-refractivity contribution < 1.29 is 9.47 Å². The number of guanidine groups is 1. The fourth-order valence-electron chi connectivity index (χ4n) is 2.70. The lowest BCUT2D eigenvalue weighted by Gasteiger charge is -2.15. The summed E-state index contributed by atoms with van der Waals surface area (Å²) in [5, 5.41) is 15.5. The van der Waals surface area contributed by atoms with E-state index in [0.29, 0.717) is 31.9 Å². The molecule has 0 aliphatic rings. The average Bonchev–Trinajstić information content (AvgIpc) is 2.74. The Morgan fingerprint density at radius 2 is 1.90 bits per heavy atom. The summed E-state index contributed by atoms with van der Waals surface area (Å²) in [6, 6.07) is 15.8. The first-order chi connectivity index (χ1) is 14.2. The van der Waals surface area contributed by atoms with Crippen LogP contribution in [0.1, 0.15) is 35.6 Å². The van der Waals surface area contributed by atoms with Gasteiger partial charge in [-0.25, -0.2) is 4.99 Å². The molecule has 154 valence electrons. The highest BCUT2D eigenvalue weighted by Gasteiger charge is 2.06. The number of methoxy groups -OCH3 is 1. The Labute approximate surface area is 173 Å². The lowest BCUT2D eigenvalue weighted by molar-refractivity contribution is 0.172. The van der Waals surface area contributed by atoms with Gasteiger partial charge in [0.2, 0.25) is 0 Å². The van der Waals surface area contributed by atoms with E-state index in [2.05, 4.69) is 46.8 Å². The van der Waals surface area contributed by atoms with Gasteiger partial charge in [-0.3, -0.25) is 0 Å². The number of aliphatic imine (C=N–C) groups is 1. The summed E-state index contributed by atoms with van der Waals surface area (Å²) in [4.78, 5) is 4.64. The highest BCUT2D eigenvalue weighted by Crippen LogP contribution is 2.20. The first-order valence-corrected chi connectivity index (χ1v) is 9.88. The maximum Gasteiger partial charge on any atom is 0.191 e. The Bertz CT molecular complexity index is 826. The molecule has 0 aliphatic carbocycles. The van der Waals surface area contributed by atoms with Gasteiger partial charge in [-0.1, -0.05) is 24.3 Å². The molecular weight excluding hydrogens is 364 g/mol. The van der Waals surface area contributed by atoms with Crippen molar-refractivity contribution in [2.45, 2.75) is 33.4 Å². The summed E-state index contributed by atoms with van der Waals surface area (Å²) in [6.45, 7) is 7.32. The molecule has 0 bridgehead atoms. The quantitative estimate of drug-likeness (QED) is 0.366. The number of nitrogens with one attached hydrogen (secondary N) is 2. The molecule has 2 aromatic carbocycles. The SMILES string of the molecule is CCNC(=NCc1ccc(C#N)cc1)NCc1ccc(C)cc1OCCCOC. The van der Waals surface area contributed by atoms with Crippen LogP contribution in [0.2, 0.25) is 0 Å². The monoisotopic (exact) mass is 394 g/mol. The van der Waals surface area contributed by atoms with E-state index in [9.17, 15) is 0 Å². The first-order valence-electron chi connectivity index (χ1n) is 9.88. The largest absolute Gasteiger partial charge is 0.493 e. The van der Waals surface area contributed by atoms with Crippen molar-refractivity contribution >= 4 is 5.96 Å². The fraction of sp³-hybridized carbons (Fsp3) is 0.391. The maximum atomic E-state index is 8.90. The van der Waals surface area contributed by atoms with E-state index in [1.807, 2.05) is 31.2 Å². The molecule has 0 saturated carbocycles. The van der Waals surface area contributed by atoms with Gasteiger partial charge in [0.1, 0.15) is 5.75 Å². The summed E-state index contributed by atoms with van der Waals surface area (Å²) < 4.78 is 11.0. The predicted molar refractivity (Wildman–Crippen MR) is 116 cm³/mol. The van der Waals surface area contributed by atoms with Crippen molar-refractivity contribution in [2.75, 3.05) is 26.9 Å². The highest BCUT2D eigenvalue weighted by atomic mass is 16.5. The standard InChI is InChI=1S/C23H30N4O2/c1-4-25-23(26-16-20-9-7-19(15-24)8-10-20)27-17-21-11-6-18(2)14-22(21)29-13-5-12-28-3/h6-11,14H,4-5,12-13,16-17H2,1-3H3,(H2,25,26,27). The zero-order valence-electron chi connectivity index (χ0n) is 17.5. The first kappa shape index (κ1) is 22.3. The normalized spacial score (nSPS) is 11.0. The number of hydrogen-bond acceptors (Lipinski definition) is 4. The molecule has 2 aromatic rings. The molecule has 6 heteroatoms. The van der Waals surface area contributed by atoms with E-state index in [0.717, 1.165) is 41.4 Å². The van der Waals surface area contributed by atoms with Crippen molar-refractivity contribution in [3.05, 3.63) is 64.7 Å². The van der Waals surface area contributed by atoms with Crippen LogP contribution in [0, 0.1) is 18.3 Å². The average molecular weight is 395 g/mol. The minimum atomic E-state index is 0.537. The van der Waals surface area contributed by atoms with Crippen LogP contribution in [0.15, 0.2) is 47.5 Å². The third-order valence-electron chi connectivity index (χ3n) is 4.27. The summed E-state index contributed by atoms with van der Waals surface area (Å²) in [7, 11) is 1.70. The zero-order valence-corrected chi connectivity index (χ0v) is 17.5. The number of ether oxygens (including phenoxy) is 2. The van der Waals surface area contributed by atoms with Gasteiger partial charge in [0.25, 0.3) is 0 Å². The minimum Gasteiger partial charge on any atom is -0.493 e. The third kappa shape index (κ3) is 7.84. The van der Waals surface area contributed by atoms with E-state index >= 15 is 0 Å². The van der Waals surface area contributed by atoms with Crippen LogP contribution in [-0.4, -0.2) is 32.8 Å². The number of benzene rings is 2. The van der Waals surface area contributed by atoms with Crippen molar-refractivity contribution in [1.29, 1.82) is 5.26 Å². The molecule has 0 aromatic heterocycles. The molecule has 0 fully saturated rings. The maximum absolute atomic E-state index is 8.90. The van der Waals surface area contributed by atoms with E-state index in [-0.39, 0.29) is 0 Å². The van der Waals surface area contributed by atoms with Gasteiger partial charge < -0.3 is 20.1 Å². The second kappa shape index (κ2) is 12.4. The van der Waals surface area contributed by atoms with E-state index in [1.165, 1.54) is 0 Å². The van der Waals surface area contributed by atoms with Crippen LogP contribution in [-0.2, 0) is 17.8 Å². The minimum absolute atomic E-state index is 0.537. The topological polar surface area (TPSA) is 78.7 Å². The van der Waals surface area contributed by atoms with Crippen LogP contribution in [0.25, 0.3) is 0 Å². The van der Waals surface area contributed by atoms with E-state index in [4.69, 9.17) is 14.7 Å². The Morgan fingerprint density at radius 1 is 1.10 bits per heavy atom. The Hall–Kier alpha value is -3.04. The van der Waals surface area contributed by atoms with Crippen LogP contribution in [0.4, 0.5) is 0 Å². The third-order valence-corrected chi connectivity index (χ3v) is 4.27. The smallest absolute Gasteiger partial charge is 0.191 e. The Balaban J connectivity index is 2.00. The number of hydrogen-bond donors (Lipinski definition) is 2. The highest BCUT2D eigenvalue weighted by molar-refractivity contribution is 5.79. The van der Waals surface area contributed by atoms with Gasteiger partial charge in [0.05, 0.1) is 24.8 Å². The van der Waals surface area contributed by atoms with Crippen LogP contribution >= 0.6 is 0 Å². The molecule has 0 spiro atoms. The van der Waals surface area contributed by atoms with Gasteiger partial charge in [0, 0.05) is 38.8 Å². The van der Waals surface area contributed by atoms with Crippen LogP contribution < -0.4 is 15.4 Å².